The summed E-state index contributed by atoms with van der Waals surface area (Å²) in [5, 5.41) is 6.84. The first-order chi connectivity index (χ1) is 30.6. The van der Waals surface area contributed by atoms with Crippen LogP contribution in [0.3, 0.4) is 0 Å². The van der Waals surface area contributed by atoms with Gasteiger partial charge in [-0.15, -0.1) is 0 Å². The summed E-state index contributed by atoms with van der Waals surface area (Å²) in [4.78, 5) is 24.1. The van der Waals surface area contributed by atoms with Crippen LogP contribution in [0, 0.1) is 0 Å². The van der Waals surface area contributed by atoms with Crippen molar-refractivity contribution in [3.63, 3.8) is 0 Å². The number of sulfone groups is 1. The second kappa shape index (κ2) is 23.4. The number of H-pyrrole nitrogens is 3. The monoisotopic (exact) mass is 1140 g/mol. The average Bonchev–Trinajstić information content (AvgIpc) is 3.19. The molecule has 27 nitrogen and oxygen atoms in total. The molecular formula is C32H23Cl2N9Na4O18S5. The van der Waals surface area contributed by atoms with Gasteiger partial charge in [0.05, 0.1) is 68.7 Å². The van der Waals surface area contributed by atoms with Crippen molar-refractivity contribution >= 4 is 102 Å². The van der Waals surface area contributed by atoms with Crippen LogP contribution >= 0.6 is 23.2 Å². The number of nitrogen functional groups attached to an aromatic ring is 1. The number of halogens is 2. The summed E-state index contributed by atoms with van der Waals surface area (Å²) in [6.07, 6.45) is 0. The fourth-order valence-electron chi connectivity index (χ4n) is 6.10. The van der Waals surface area contributed by atoms with Crippen LogP contribution in [0.2, 0.25) is 10.0 Å². The van der Waals surface area contributed by atoms with Crippen LogP contribution < -0.4 is 166 Å². The molecule has 38 heteroatoms. The number of aliphatic hydroxyl groups excluding tert-OH is 1. The van der Waals surface area contributed by atoms with E-state index >= 15 is 0 Å². The summed E-state index contributed by atoms with van der Waals surface area (Å²) in [5.41, 5.74) is 1.03. The normalized spacial score (nSPS) is 13.7. The molecular weight excluding hydrogens is 1120 g/mol. The van der Waals surface area contributed by atoms with Gasteiger partial charge in [-0.3, -0.25) is 19.9 Å². The van der Waals surface area contributed by atoms with E-state index in [1.54, 1.807) is 0 Å². The molecule has 3 heterocycles. The smallest absolute Gasteiger partial charge is 0.748 e. The van der Waals surface area contributed by atoms with Crippen molar-refractivity contribution in [3.05, 3.63) is 74.0 Å². The van der Waals surface area contributed by atoms with Crippen molar-refractivity contribution in [1.82, 2.24) is 15.0 Å². The number of nitrogens with one attached hydrogen (secondary N) is 3. The topological polar surface area (TPSA) is 446 Å². The standard InChI is InChI=1S/C32H27Cl2N9O18S5.4Na/c1-59-16-10-15(39-32-42-30(36-5-7-63(47,48)49)41-31(43-32)37-12-3-2-4-13(9-12)62(45,46)8-6-44)28(65(53,54)55)27-21(16)40-23-19(34)25-22(18(33)26(23)61-27)38-14-11-17(64(50,51)52)20(35)29(24(14)60-25)66(56,57)58;;;;/h2-4,9-11,44H,5-8,35H2,1H3,(H,47,48,49)(H,50,51,52)(H,53,54,55)(H,56,57,58)(H3,36,37,39,41,42,43);;;;/q;4*+1/p-4. The van der Waals surface area contributed by atoms with E-state index in [0.29, 0.717) is 6.07 Å². The molecule has 0 fully saturated rings. The van der Waals surface area contributed by atoms with Gasteiger partial charge in [0.1, 0.15) is 72.3 Å². The van der Waals surface area contributed by atoms with E-state index in [4.69, 9.17) is 43.1 Å². The third-order valence-corrected chi connectivity index (χ3v) is 14.6. The number of hydrogen-bond donors (Lipinski definition) is 5. The predicted molar refractivity (Wildman–Crippen MR) is 216 cm³/mol. The second-order valence-corrected chi connectivity index (χ2v) is 21.5. The van der Waals surface area contributed by atoms with Gasteiger partial charge in [-0.25, -0.2) is 62.1 Å². The maximum absolute atomic E-state index is 13.1. The molecule has 5 aromatic rings. The van der Waals surface area contributed by atoms with Gasteiger partial charge in [-0.05, 0) is 24.3 Å². The number of aromatic amines is 3. The fraction of sp³-hybridized carbons (Fsp3) is 0.156. The molecule has 352 valence electrons. The first kappa shape index (κ1) is 62.5. The van der Waals surface area contributed by atoms with Crippen molar-refractivity contribution in [2.45, 2.75) is 19.6 Å². The molecule has 2 aliphatic heterocycles. The number of nitrogens with two attached hydrogens (primary N) is 1. The van der Waals surface area contributed by atoms with Crippen LogP contribution in [-0.2, 0) is 50.3 Å². The van der Waals surface area contributed by atoms with Gasteiger partial charge in [0.2, 0.25) is 16.9 Å². The van der Waals surface area contributed by atoms with E-state index in [0.717, 1.165) is 19.2 Å². The molecule has 4 aromatic carbocycles. The number of fused-ring (bicyclic) bond motifs is 4. The summed E-state index contributed by atoms with van der Waals surface area (Å²) in [6.45, 7) is -1.32. The van der Waals surface area contributed by atoms with E-state index in [1.807, 2.05) is 0 Å². The van der Waals surface area contributed by atoms with Crippen molar-refractivity contribution < 1.29 is 198 Å². The van der Waals surface area contributed by atoms with E-state index in [9.17, 15) is 65.4 Å². The minimum atomic E-state index is -5.72. The molecule has 0 amide bonds. The number of anilines is 1. The summed E-state index contributed by atoms with van der Waals surface area (Å²) in [5.74, 6) is -5.11. The first-order valence-corrected chi connectivity index (χ1v) is 25.7. The minimum Gasteiger partial charge on any atom is -0.748 e. The van der Waals surface area contributed by atoms with Gasteiger partial charge in [-0.2, -0.15) is 0 Å². The van der Waals surface area contributed by atoms with Gasteiger partial charge >= 0.3 is 118 Å². The molecule has 7 rings (SSSR count). The summed E-state index contributed by atoms with van der Waals surface area (Å²) in [7, 11) is -24.7. The number of methoxy groups -OCH3 is 1. The summed E-state index contributed by atoms with van der Waals surface area (Å²) < 4.78 is 188. The predicted octanol–water partition coefficient (Wildman–Crippen LogP) is -12.9. The zero-order chi connectivity index (χ0) is 48.5. The van der Waals surface area contributed by atoms with Gasteiger partial charge in [0.25, 0.3) is 0 Å². The average molecular weight is 1140 g/mol. The number of rotatable bonds is 12. The number of hydrogen-bond acceptors (Lipinski definition) is 24. The van der Waals surface area contributed by atoms with Crippen molar-refractivity contribution in [2.24, 2.45) is 25.0 Å². The number of aliphatic hydroxyl groups is 1. The molecule has 0 radical (unpaired) electrons. The Labute approximate surface area is 492 Å². The summed E-state index contributed by atoms with van der Waals surface area (Å²) >= 11 is 13.3. The molecule has 70 heavy (non-hydrogen) atoms. The Bertz CT molecular complexity index is 3920. The molecule has 1 aromatic heterocycles. The Morgan fingerprint density at radius 3 is 1.81 bits per heavy atom. The van der Waals surface area contributed by atoms with Gasteiger partial charge in [0.15, 0.2) is 38.6 Å². The van der Waals surface area contributed by atoms with Crippen LogP contribution in [0.25, 0.3) is 0 Å². The Balaban J connectivity index is 0.00000324. The van der Waals surface area contributed by atoms with Crippen LogP contribution in [0.5, 0.6) is 28.7 Å². The Hall–Kier alpha value is -1.78. The molecule has 0 saturated carbocycles. The van der Waals surface area contributed by atoms with Gasteiger partial charge < -0.3 is 43.3 Å². The molecule has 2 aliphatic rings. The first-order valence-electron chi connectivity index (χ1n) is 17.4. The van der Waals surface area contributed by atoms with Crippen molar-refractivity contribution in [3.8, 4) is 28.7 Å². The van der Waals surface area contributed by atoms with E-state index in [1.165, 1.54) is 18.2 Å². The van der Waals surface area contributed by atoms with E-state index < -0.39 is 162 Å². The van der Waals surface area contributed by atoms with Crippen LogP contribution in [0.15, 0.2) is 80.9 Å². The van der Waals surface area contributed by atoms with Gasteiger partial charge in [-0.1, -0.05) is 29.3 Å². The quantitative estimate of drug-likeness (QED) is 0.0431. The molecule has 0 bridgehead atoms. The maximum atomic E-state index is 13.1. The Kier molecular flexibility index (Phi) is 20.9. The molecule has 0 saturated heterocycles. The van der Waals surface area contributed by atoms with Crippen LogP contribution in [0.1, 0.15) is 0 Å². The third kappa shape index (κ3) is 13.4. The van der Waals surface area contributed by atoms with Crippen LogP contribution in [-0.4, -0.2) is 112 Å². The van der Waals surface area contributed by atoms with E-state index in [-0.39, 0.29) is 146 Å². The molecule has 0 unspecified atom stereocenters. The molecule has 0 aliphatic carbocycles. The zero-order valence-corrected chi connectivity index (χ0v) is 49.9. The second-order valence-electron chi connectivity index (χ2n) is 13.2. The number of nitrogens with zero attached hydrogens (tertiary/aromatic N) is 5. The molecule has 6 N–H and O–H groups in total. The van der Waals surface area contributed by atoms with Gasteiger partial charge in [0, 0.05) is 6.07 Å². The minimum absolute atomic E-state index is 0. The molecule has 0 spiro atoms. The number of benzene rings is 4. The van der Waals surface area contributed by atoms with Crippen molar-refractivity contribution in [2.75, 3.05) is 37.5 Å². The van der Waals surface area contributed by atoms with Crippen molar-refractivity contribution in [1.29, 1.82) is 0 Å². The number of aromatic nitrogens is 3. The largest absolute Gasteiger partial charge is 1.00 e. The third-order valence-electron chi connectivity index (χ3n) is 8.80. The van der Waals surface area contributed by atoms with Crippen LogP contribution in [0.4, 0.5) is 28.4 Å². The summed E-state index contributed by atoms with van der Waals surface area (Å²) in [6, 6.07) is 6.40. The zero-order valence-electron chi connectivity index (χ0n) is 36.3. The number of ether oxygens (including phenoxy) is 3. The van der Waals surface area contributed by atoms with E-state index in [2.05, 4.69) is 39.9 Å². The Morgan fingerprint density at radius 2 is 1.27 bits per heavy atom. The Morgan fingerprint density at radius 1 is 0.714 bits per heavy atom. The SMILES string of the molecule is COc1cc(N=c2[nH]c(=NCCS(=O)(=O)[O-])[nH]c(=Nc3cccc(S(=O)(=O)CCO)c3)[nH]2)c(S(=O)(=O)[O-])c2c1N=c1c(Cl)c3c(c(Cl)c1O2)=Nc1cc(S(=O)(=O)[O-])c(N)c(S(=O)(=O)[O-])c1O3.[Na+].[Na+].[Na+].[Na+]. The maximum Gasteiger partial charge on any atom is 1.00 e. The fourth-order valence-corrected chi connectivity index (χ4v) is 10.2. The molecule has 0 atom stereocenters.